The van der Waals surface area contributed by atoms with Gasteiger partial charge in [0.1, 0.15) is 11.3 Å². The van der Waals surface area contributed by atoms with Crippen LogP contribution < -0.4 is 0 Å². The monoisotopic (exact) mass is 336 g/mol. The van der Waals surface area contributed by atoms with Crippen molar-refractivity contribution in [3.63, 3.8) is 0 Å². The van der Waals surface area contributed by atoms with Crippen LogP contribution in [0.1, 0.15) is 45.8 Å². The summed E-state index contributed by atoms with van der Waals surface area (Å²) < 4.78 is 6.83. The highest BCUT2D eigenvalue weighted by atomic mass is 16.5. The number of carbonyl (C=O) groups is 2. The molecule has 1 aromatic carbocycles. The number of aromatic nitrogens is 2. The largest absolute Gasteiger partial charge is 0.465 e. The molecule has 128 valence electrons. The Balaban J connectivity index is 2.11. The van der Waals surface area contributed by atoms with E-state index >= 15 is 0 Å². The summed E-state index contributed by atoms with van der Waals surface area (Å²) in [5, 5.41) is 4.69. The van der Waals surface area contributed by atoms with Crippen molar-refractivity contribution in [2.45, 2.75) is 26.3 Å². The van der Waals surface area contributed by atoms with Crippen molar-refractivity contribution < 1.29 is 14.3 Å². The van der Waals surface area contributed by atoms with E-state index in [1.165, 1.54) is 14.0 Å². The Morgan fingerprint density at radius 1 is 1.20 bits per heavy atom. The normalized spacial score (nSPS) is 16.0. The van der Waals surface area contributed by atoms with Gasteiger partial charge in [-0.15, -0.1) is 0 Å². The predicted octanol–water partition coefficient (Wildman–Crippen LogP) is 3.90. The fraction of sp³-hybridized carbons (Fsp3) is 0.250. The van der Waals surface area contributed by atoms with Crippen molar-refractivity contribution >= 4 is 11.8 Å². The van der Waals surface area contributed by atoms with Gasteiger partial charge in [0, 0.05) is 11.1 Å². The van der Waals surface area contributed by atoms with Gasteiger partial charge in [-0.05, 0) is 20.3 Å². The molecule has 1 aromatic heterocycles. The third-order valence-electron chi connectivity index (χ3n) is 4.38. The second kappa shape index (κ2) is 6.89. The quantitative estimate of drug-likeness (QED) is 0.627. The van der Waals surface area contributed by atoms with Gasteiger partial charge < -0.3 is 4.74 Å². The highest BCUT2D eigenvalue weighted by molar-refractivity contribution is 5.98. The maximum atomic E-state index is 12.3. The van der Waals surface area contributed by atoms with Gasteiger partial charge in [-0.2, -0.15) is 5.10 Å². The fourth-order valence-electron chi connectivity index (χ4n) is 3.00. The summed E-state index contributed by atoms with van der Waals surface area (Å²) in [5.41, 5.74) is 3.20. The molecule has 5 nitrogen and oxygen atoms in total. The molecule has 25 heavy (non-hydrogen) atoms. The molecule has 1 unspecified atom stereocenters. The first-order valence-electron chi connectivity index (χ1n) is 8.15. The number of hydrogen-bond acceptors (Lipinski definition) is 4. The lowest BCUT2D eigenvalue weighted by Crippen LogP contribution is -2.11. The smallest absolute Gasteiger partial charge is 0.342 e. The van der Waals surface area contributed by atoms with E-state index in [1.54, 1.807) is 12.1 Å². The standard InChI is InChI=1S/C20H20N2O3/c1-13-18(20(24)25-3)19(16-11-9-15(10-12-16)14(2)23)21-22(13)17-7-5-4-6-8-17/h4-7,9-12,17H,8H2,1-3H3. The molecule has 1 aliphatic rings. The Bertz CT molecular complexity index is 873. The van der Waals surface area contributed by atoms with Crippen LogP contribution in [0.2, 0.25) is 0 Å². The molecule has 0 saturated heterocycles. The summed E-state index contributed by atoms with van der Waals surface area (Å²) in [5.74, 6) is -0.412. The van der Waals surface area contributed by atoms with Gasteiger partial charge in [-0.3, -0.25) is 9.48 Å². The van der Waals surface area contributed by atoms with Crippen molar-refractivity contribution in [3.05, 3.63) is 65.4 Å². The molecule has 0 amide bonds. The number of benzene rings is 1. The molecule has 0 saturated carbocycles. The van der Waals surface area contributed by atoms with Crippen LogP contribution in [0.5, 0.6) is 0 Å². The first-order chi connectivity index (χ1) is 12.0. The van der Waals surface area contributed by atoms with E-state index in [2.05, 4.69) is 12.2 Å². The minimum atomic E-state index is -0.412. The van der Waals surface area contributed by atoms with Gasteiger partial charge in [0.15, 0.2) is 5.78 Å². The molecule has 0 N–H and O–H groups in total. The Hall–Kier alpha value is -2.95. The number of Topliss-reactive ketones (excluding diaryl/α,β-unsaturated/α-hetero) is 1. The van der Waals surface area contributed by atoms with Gasteiger partial charge >= 0.3 is 5.97 Å². The van der Waals surface area contributed by atoms with Crippen molar-refractivity contribution in [2.24, 2.45) is 0 Å². The van der Waals surface area contributed by atoms with Gasteiger partial charge in [0.25, 0.3) is 0 Å². The number of rotatable bonds is 4. The number of ether oxygens (including phenoxy) is 1. The van der Waals surface area contributed by atoms with E-state index in [9.17, 15) is 9.59 Å². The average Bonchev–Trinajstić information content (AvgIpc) is 2.99. The van der Waals surface area contributed by atoms with E-state index in [-0.39, 0.29) is 11.8 Å². The molecule has 5 heteroatoms. The zero-order valence-electron chi connectivity index (χ0n) is 14.5. The molecule has 0 aliphatic heterocycles. The SMILES string of the molecule is COC(=O)c1c(-c2ccc(C(C)=O)cc2)nn(C2C=CC=CC2)c1C. The summed E-state index contributed by atoms with van der Waals surface area (Å²) in [7, 11) is 1.37. The fourth-order valence-corrected chi connectivity index (χ4v) is 3.00. The molecular weight excluding hydrogens is 316 g/mol. The van der Waals surface area contributed by atoms with E-state index in [0.717, 1.165) is 17.7 Å². The lowest BCUT2D eigenvalue weighted by atomic mass is 10.0. The van der Waals surface area contributed by atoms with Crippen molar-refractivity contribution in [2.75, 3.05) is 7.11 Å². The Labute approximate surface area is 146 Å². The maximum Gasteiger partial charge on any atom is 0.342 e. The second-order valence-corrected chi connectivity index (χ2v) is 5.99. The maximum absolute atomic E-state index is 12.3. The molecule has 0 spiro atoms. The third kappa shape index (κ3) is 3.18. The Morgan fingerprint density at radius 2 is 1.92 bits per heavy atom. The summed E-state index contributed by atoms with van der Waals surface area (Å²) >= 11 is 0. The van der Waals surface area contributed by atoms with Gasteiger partial charge in [0.2, 0.25) is 0 Å². The summed E-state index contributed by atoms with van der Waals surface area (Å²) in [6.45, 7) is 3.40. The molecule has 2 aromatic rings. The van der Waals surface area contributed by atoms with Crippen molar-refractivity contribution in [1.29, 1.82) is 0 Å². The lowest BCUT2D eigenvalue weighted by Gasteiger charge is -2.15. The van der Waals surface area contributed by atoms with E-state index in [1.807, 2.05) is 35.9 Å². The van der Waals surface area contributed by atoms with Crippen LogP contribution in [-0.4, -0.2) is 28.6 Å². The van der Waals surface area contributed by atoms with E-state index in [0.29, 0.717) is 16.8 Å². The molecule has 0 fully saturated rings. The molecule has 0 radical (unpaired) electrons. The number of nitrogens with zero attached hydrogens (tertiary/aromatic N) is 2. The van der Waals surface area contributed by atoms with Crippen LogP contribution in [0.3, 0.4) is 0 Å². The molecular formula is C20H20N2O3. The van der Waals surface area contributed by atoms with Crippen LogP contribution in [0.15, 0.2) is 48.6 Å². The Morgan fingerprint density at radius 3 is 2.48 bits per heavy atom. The van der Waals surface area contributed by atoms with Gasteiger partial charge in [-0.25, -0.2) is 4.79 Å². The summed E-state index contributed by atoms with van der Waals surface area (Å²) in [6.07, 6.45) is 8.93. The van der Waals surface area contributed by atoms with Crippen LogP contribution in [-0.2, 0) is 4.74 Å². The molecule has 1 aliphatic carbocycles. The number of esters is 1. The number of allylic oxidation sites excluding steroid dienone is 4. The number of methoxy groups -OCH3 is 1. The first kappa shape index (κ1) is 16.9. The summed E-state index contributed by atoms with van der Waals surface area (Å²) in [4.78, 5) is 23.8. The number of hydrogen-bond donors (Lipinski definition) is 0. The molecule has 3 rings (SSSR count). The third-order valence-corrected chi connectivity index (χ3v) is 4.38. The van der Waals surface area contributed by atoms with E-state index < -0.39 is 5.97 Å². The zero-order chi connectivity index (χ0) is 18.0. The predicted molar refractivity (Wildman–Crippen MR) is 95.7 cm³/mol. The number of carbonyl (C=O) groups excluding carboxylic acids is 2. The minimum Gasteiger partial charge on any atom is -0.465 e. The van der Waals surface area contributed by atoms with Gasteiger partial charge in [-0.1, -0.05) is 48.6 Å². The van der Waals surface area contributed by atoms with Crippen molar-refractivity contribution in [3.8, 4) is 11.3 Å². The minimum absolute atomic E-state index is 0.000538. The topological polar surface area (TPSA) is 61.2 Å². The average molecular weight is 336 g/mol. The highest BCUT2D eigenvalue weighted by Crippen LogP contribution is 2.30. The first-order valence-corrected chi connectivity index (χ1v) is 8.15. The Kier molecular flexibility index (Phi) is 4.65. The number of ketones is 1. The lowest BCUT2D eigenvalue weighted by molar-refractivity contribution is 0.0600. The van der Waals surface area contributed by atoms with Crippen LogP contribution >= 0.6 is 0 Å². The molecule has 1 atom stereocenters. The molecule has 0 bridgehead atoms. The molecule has 1 heterocycles. The van der Waals surface area contributed by atoms with E-state index in [4.69, 9.17) is 9.84 Å². The summed E-state index contributed by atoms with van der Waals surface area (Å²) in [6, 6.07) is 7.18. The van der Waals surface area contributed by atoms with Crippen LogP contribution in [0, 0.1) is 6.92 Å². The second-order valence-electron chi connectivity index (χ2n) is 5.99. The van der Waals surface area contributed by atoms with Crippen molar-refractivity contribution in [1.82, 2.24) is 9.78 Å². The highest BCUT2D eigenvalue weighted by Gasteiger charge is 2.25. The zero-order valence-corrected chi connectivity index (χ0v) is 14.5. The van der Waals surface area contributed by atoms with Gasteiger partial charge in [0.05, 0.1) is 18.8 Å². The van der Waals surface area contributed by atoms with Crippen LogP contribution in [0.25, 0.3) is 11.3 Å². The van der Waals surface area contributed by atoms with Crippen LogP contribution in [0.4, 0.5) is 0 Å².